The molecule has 40 heavy (non-hydrogen) atoms. The van der Waals surface area contributed by atoms with Crippen molar-refractivity contribution in [3.8, 4) is 22.8 Å². The van der Waals surface area contributed by atoms with Crippen LogP contribution in [0, 0.1) is 11.6 Å². The van der Waals surface area contributed by atoms with Crippen molar-refractivity contribution in [2.45, 2.75) is 45.3 Å². The van der Waals surface area contributed by atoms with Gasteiger partial charge in [0.15, 0.2) is 11.6 Å². The van der Waals surface area contributed by atoms with Crippen molar-refractivity contribution >= 4 is 23.2 Å². The third-order valence-electron chi connectivity index (χ3n) is 7.83. The third kappa shape index (κ3) is 3.46. The molecule has 0 N–H and O–H groups in total. The van der Waals surface area contributed by atoms with E-state index in [1.165, 1.54) is 24.3 Å². The van der Waals surface area contributed by atoms with Crippen LogP contribution in [0.4, 0.5) is 20.3 Å². The lowest BCUT2D eigenvalue weighted by Crippen LogP contribution is -2.61. The number of fused-ring (bicyclic) bond motifs is 3. The summed E-state index contributed by atoms with van der Waals surface area (Å²) in [4.78, 5) is 32.2. The standard InChI is InChI=1S/C29H26F2N6O3/c1-5-22(38)35-12-14(2)36(15(3)13-35)28-17-11-19(31)25-23-18(30)7-6-8-20(23)40-21-9-10-32-24-16(4)39-29(34-28)37(26(21)24)27(17)33-25/h5-11,14-16,29H,1,12-13H2,2-4H3/t14-,15+,16?,29?. The minimum absolute atomic E-state index is 0.0684. The van der Waals surface area contributed by atoms with Crippen LogP contribution in [-0.4, -0.2) is 63.0 Å². The molecule has 1 amide bonds. The number of anilines is 2. The Morgan fingerprint density at radius 1 is 1.10 bits per heavy atom. The van der Waals surface area contributed by atoms with Gasteiger partial charge in [0.05, 0.1) is 16.8 Å². The van der Waals surface area contributed by atoms with E-state index in [1.807, 2.05) is 20.8 Å². The monoisotopic (exact) mass is 544 g/mol. The molecular formula is C29H26F2N6O3. The molecule has 3 aromatic rings. The Kier molecular flexibility index (Phi) is 5.43. The van der Waals surface area contributed by atoms with Crippen LogP contribution in [0.3, 0.4) is 0 Å². The average Bonchev–Trinajstić information content (AvgIpc) is 2.98. The highest BCUT2D eigenvalue weighted by atomic mass is 19.1. The number of hydrogen-bond acceptors (Lipinski definition) is 8. The fourth-order valence-electron chi connectivity index (χ4n) is 6.16. The quantitative estimate of drug-likeness (QED) is 0.403. The van der Waals surface area contributed by atoms with Crippen molar-refractivity contribution in [1.29, 1.82) is 0 Å². The van der Waals surface area contributed by atoms with Crippen molar-refractivity contribution in [1.82, 2.24) is 19.8 Å². The molecule has 2 aromatic heterocycles. The van der Waals surface area contributed by atoms with E-state index in [4.69, 9.17) is 19.5 Å². The zero-order valence-corrected chi connectivity index (χ0v) is 22.1. The molecule has 0 spiro atoms. The molecule has 0 aliphatic carbocycles. The molecular weight excluding hydrogens is 518 g/mol. The zero-order chi connectivity index (χ0) is 27.9. The first-order chi connectivity index (χ1) is 19.3. The fourth-order valence-corrected chi connectivity index (χ4v) is 6.16. The summed E-state index contributed by atoms with van der Waals surface area (Å²) in [6, 6.07) is 7.08. The molecule has 6 heterocycles. The molecule has 1 aromatic carbocycles. The molecule has 7 rings (SSSR count). The number of halogens is 2. The van der Waals surface area contributed by atoms with Crippen LogP contribution < -0.4 is 9.64 Å². The number of ether oxygens (including phenoxy) is 2. The van der Waals surface area contributed by atoms with Crippen LogP contribution in [0.25, 0.3) is 11.3 Å². The summed E-state index contributed by atoms with van der Waals surface area (Å²) in [5, 5.41) is 0. The van der Waals surface area contributed by atoms with Gasteiger partial charge in [-0.3, -0.25) is 14.7 Å². The van der Waals surface area contributed by atoms with Gasteiger partial charge in [-0.2, -0.15) is 0 Å². The Bertz CT molecular complexity index is 1620. The first kappa shape index (κ1) is 24.6. The highest BCUT2D eigenvalue weighted by Gasteiger charge is 2.45. The molecule has 4 aliphatic rings. The molecule has 0 saturated carbocycles. The van der Waals surface area contributed by atoms with Crippen LogP contribution in [0.15, 0.2) is 54.2 Å². The Hall–Kier alpha value is -4.38. The van der Waals surface area contributed by atoms with Gasteiger partial charge in [0, 0.05) is 37.4 Å². The minimum Gasteiger partial charge on any atom is -0.454 e. The predicted molar refractivity (Wildman–Crippen MR) is 143 cm³/mol. The molecule has 11 heteroatoms. The van der Waals surface area contributed by atoms with Crippen LogP contribution >= 0.6 is 0 Å². The van der Waals surface area contributed by atoms with Gasteiger partial charge in [-0.15, -0.1) is 0 Å². The van der Waals surface area contributed by atoms with Crippen molar-refractivity contribution in [3.63, 3.8) is 0 Å². The van der Waals surface area contributed by atoms with Crippen LogP contribution in [0.2, 0.25) is 0 Å². The summed E-state index contributed by atoms with van der Waals surface area (Å²) < 4.78 is 43.8. The van der Waals surface area contributed by atoms with E-state index >= 15 is 8.78 Å². The van der Waals surface area contributed by atoms with Crippen LogP contribution in [-0.2, 0) is 9.53 Å². The molecule has 1 fully saturated rings. The Labute approximate surface area is 229 Å². The number of piperazine rings is 1. The molecule has 1 saturated heterocycles. The number of benzene rings is 1. The summed E-state index contributed by atoms with van der Waals surface area (Å²) >= 11 is 0. The lowest BCUT2D eigenvalue weighted by atomic mass is 10.0. The summed E-state index contributed by atoms with van der Waals surface area (Å²) in [5.41, 5.74) is 1.37. The van der Waals surface area contributed by atoms with Crippen LogP contribution in [0.5, 0.6) is 11.5 Å². The van der Waals surface area contributed by atoms with E-state index < -0.39 is 24.1 Å². The number of aromatic nitrogens is 2. The van der Waals surface area contributed by atoms with Crippen molar-refractivity contribution in [2.75, 3.05) is 18.0 Å². The topological polar surface area (TPSA) is 83.4 Å². The van der Waals surface area contributed by atoms with Gasteiger partial charge in [0.2, 0.25) is 12.3 Å². The van der Waals surface area contributed by atoms with Crippen molar-refractivity contribution < 1.29 is 23.0 Å². The number of pyridine rings is 2. The maximum Gasteiger partial charge on any atom is 0.246 e. The second-order valence-electron chi connectivity index (χ2n) is 10.4. The summed E-state index contributed by atoms with van der Waals surface area (Å²) in [5.74, 6) is -0.109. The average molecular weight is 545 g/mol. The zero-order valence-electron chi connectivity index (χ0n) is 22.1. The first-order valence-electron chi connectivity index (χ1n) is 13.2. The maximum absolute atomic E-state index is 16.0. The van der Waals surface area contributed by atoms with Crippen molar-refractivity contribution in [2.24, 2.45) is 4.99 Å². The lowest BCUT2D eigenvalue weighted by molar-refractivity contribution is -0.129. The third-order valence-corrected chi connectivity index (χ3v) is 7.83. The highest BCUT2D eigenvalue weighted by molar-refractivity contribution is 6.06. The summed E-state index contributed by atoms with van der Waals surface area (Å²) in [7, 11) is 0. The first-order valence-corrected chi connectivity index (χ1v) is 13.2. The van der Waals surface area contributed by atoms with E-state index in [9.17, 15) is 4.79 Å². The number of amides is 1. The number of amidine groups is 1. The molecule has 0 radical (unpaired) electrons. The smallest absolute Gasteiger partial charge is 0.246 e. The molecule has 2 unspecified atom stereocenters. The molecule has 4 atom stereocenters. The van der Waals surface area contributed by atoms with Gasteiger partial charge in [-0.1, -0.05) is 12.6 Å². The van der Waals surface area contributed by atoms with Gasteiger partial charge < -0.3 is 19.3 Å². The number of nitrogens with zero attached hydrogens (tertiary/aromatic N) is 6. The SMILES string of the molecule is C=CC(=O)N1C[C@@H](C)N(C2=NC3OC(C)c4nccc5c4N3c3nc(c(F)cc32)-c2c(F)cccc2O5)[C@@H](C)C1. The highest BCUT2D eigenvalue weighted by Crippen LogP contribution is 2.51. The van der Waals surface area contributed by atoms with Gasteiger partial charge >= 0.3 is 0 Å². The number of carbonyl (C=O) groups excluding carboxylic acids is 1. The van der Waals surface area contributed by atoms with E-state index in [0.717, 1.165) is 0 Å². The second-order valence-corrected chi connectivity index (χ2v) is 10.4. The van der Waals surface area contributed by atoms with E-state index in [-0.39, 0.29) is 35.0 Å². The molecule has 204 valence electrons. The number of hydrogen-bond donors (Lipinski definition) is 0. The maximum atomic E-state index is 16.0. The van der Waals surface area contributed by atoms with Crippen molar-refractivity contribution in [3.05, 3.63) is 72.1 Å². The fraction of sp³-hybridized carbons (Fsp3) is 0.310. The molecule has 4 aliphatic heterocycles. The Balaban J connectivity index is 1.47. The summed E-state index contributed by atoms with van der Waals surface area (Å²) in [6.07, 6.45) is 1.60. The van der Waals surface area contributed by atoms with Gasteiger partial charge in [0.1, 0.15) is 40.7 Å². The minimum atomic E-state index is -0.861. The van der Waals surface area contributed by atoms with E-state index in [1.54, 1.807) is 28.1 Å². The van der Waals surface area contributed by atoms with Gasteiger partial charge in [-0.25, -0.2) is 18.8 Å². The number of carbonyl (C=O) groups is 1. The predicted octanol–water partition coefficient (Wildman–Crippen LogP) is 4.91. The van der Waals surface area contributed by atoms with Crippen LogP contribution in [0.1, 0.15) is 38.1 Å². The summed E-state index contributed by atoms with van der Waals surface area (Å²) in [6.45, 7) is 10.3. The second kappa shape index (κ2) is 8.82. The van der Waals surface area contributed by atoms with E-state index in [2.05, 4.69) is 16.5 Å². The number of rotatable bonds is 1. The van der Waals surface area contributed by atoms with Gasteiger partial charge in [-0.05, 0) is 45.0 Å². The normalized spacial score (nSPS) is 24.2. The number of aliphatic imine (C=N–C) groups is 1. The van der Waals surface area contributed by atoms with E-state index in [0.29, 0.717) is 47.4 Å². The largest absolute Gasteiger partial charge is 0.454 e. The lowest BCUT2D eigenvalue weighted by Gasteiger charge is -2.48. The van der Waals surface area contributed by atoms with Gasteiger partial charge in [0.25, 0.3) is 0 Å². The molecule has 9 nitrogen and oxygen atoms in total. The molecule has 2 bridgehead atoms. The Morgan fingerprint density at radius 2 is 1.88 bits per heavy atom. The Morgan fingerprint density at radius 3 is 2.62 bits per heavy atom.